The molecular formula is C36H35FN2O5. The van der Waals surface area contributed by atoms with Crippen LogP contribution in [0.3, 0.4) is 0 Å². The Morgan fingerprint density at radius 3 is 2.32 bits per heavy atom. The average molecular weight is 595 g/mol. The van der Waals surface area contributed by atoms with Gasteiger partial charge < -0.3 is 20.5 Å². The lowest BCUT2D eigenvalue weighted by atomic mass is 10.00. The summed E-state index contributed by atoms with van der Waals surface area (Å²) in [6.45, 7) is 0.868. The molecule has 44 heavy (non-hydrogen) atoms. The third-order valence-electron chi connectivity index (χ3n) is 6.85. The standard InChI is InChI=1S/C36H35FN2O5/c37-31-16-7-4-11-27(31)12-5-9-18-34(40)38-23-10-24-44-29-21-19-26(20-22-29)25-33(36(42)43)39-32-17-8-6-15-30(32)35(41)28-13-2-1-3-14-28/h1-8,11-17,19-22,33,39H,9-10,18,23-25H2,(H,38,40)(H,42,43). The van der Waals surface area contributed by atoms with E-state index in [2.05, 4.69) is 10.6 Å². The zero-order chi connectivity index (χ0) is 31.1. The minimum absolute atomic E-state index is 0.0822. The summed E-state index contributed by atoms with van der Waals surface area (Å²) in [7, 11) is 0. The summed E-state index contributed by atoms with van der Waals surface area (Å²) < 4.78 is 19.4. The number of hydrogen-bond donors (Lipinski definition) is 3. The Kier molecular flexibility index (Phi) is 11.8. The first-order valence-corrected chi connectivity index (χ1v) is 14.5. The number of nitrogens with one attached hydrogen (secondary N) is 2. The van der Waals surface area contributed by atoms with Gasteiger partial charge in [0.25, 0.3) is 0 Å². The van der Waals surface area contributed by atoms with Crippen LogP contribution in [0.25, 0.3) is 6.08 Å². The van der Waals surface area contributed by atoms with Crippen LogP contribution in [0.5, 0.6) is 5.75 Å². The van der Waals surface area contributed by atoms with Crippen LogP contribution in [0.1, 0.15) is 46.3 Å². The van der Waals surface area contributed by atoms with Gasteiger partial charge in [-0.1, -0.05) is 84.9 Å². The molecule has 1 amide bonds. The van der Waals surface area contributed by atoms with Gasteiger partial charge >= 0.3 is 5.97 Å². The summed E-state index contributed by atoms with van der Waals surface area (Å²) in [4.78, 5) is 37.2. The molecule has 0 saturated heterocycles. The number of anilines is 1. The van der Waals surface area contributed by atoms with Crippen molar-refractivity contribution in [3.05, 3.63) is 137 Å². The number of allylic oxidation sites excluding steroid dienone is 1. The fourth-order valence-corrected chi connectivity index (χ4v) is 4.51. The topological polar surface area (TPSA) is 105 Å². The lowest BCUT2D eigenvalue weighted by Gasteiger charge is -2.18. The lowest BCUT2D eigenvalue weighted by Crippen LogP contribution is -2.32. The number of benzene rings is 4. The summed E-state index contributed by atoms with van der Waals surface area (Å²) in [5, 5.41) is 15.8. The van der Waals surface area contributed by atoms with Crippen LogP contribution < -0.4 is 15.4 Å². The SMILES string of the molecule is O=C(CCC=Cc1ccccc1F)NCCCOc1ccc(CC(Nc2ccccc2C(=O)c2ccccc2)C(=O)O)cc1. The van der Waals surface area contributed by atoms with E-state index in [9.17, 15) is 23.9 Å². The van der Waals surface area contributed by atoms with Crippen LogP contribution in [0.15, 0.2) is 109 Å². The third-order valence-corrected chi connectivity index (χ3v) is 6.85. The van der Waals surface area contributed by atoms with Gasteiger partial charge in [-0.3, -0.25) is 9.59 Å². The minimum Gasteiger partial charge on any atom is -0.494 e. The first kappa shape index (κ1) is 31.7. The van der Waals surface area contributed by atoms with Crippen molar-refractivity contribution in [3.63, 3.8) is 0 Å². The molecule has 1 atom stereocenters. The van der Waals surface area contributed by atoms with Gasteiger partial charge in [0.05, 0.1) is 6.61 Å². The first-order valence-electron chi connectivity index (χ1n) is 14.5. The molecule has 0 aromatic heterocycles. The quantitative estimate of drug-likeness (QED) is 0.100. The molecule has 4 rings (SSSR count). The monoisotopic (exact) mass is 594 g/mol. The van der Waals surface area contributed by atoms with Crippen molar-refractivity contribution in [2.45, 2.75) is 31.7 Å². The molecule has 0 heterocycles. The fraction of sp³-hybridized carbons (Fsp3) is 0.194. The smallest absolute Gasteiger partial charge is 0.326 e. The number of carbonyl (C=O) groups is 3. The molecule has 0 fully saturated rings. The molecule has 1 unspecified atom stereocenters. The molecule has 0 saturated carbocycles. The van der Waals surface area contributed by atoms with Gasteiger partial charge in [-0.2, -0.15) is 0 Å². The number of para-hydroxylation sites is 1. The van der Waals surface area contributed by atoms with E-state index in [1.807, 2.05) is 18.2 Å². The molecule has 7 nitrogen and oxygen atoms in total. The molecule has 0 aliphatic carbocycles. The number of hydrogen-bond acceptors (Lipinski definition) is 5. The molecule has 4 aromatic rings. The van der Waals surface area contributed by atoms with Crippen molar-refractivity contribution in [3.8, 4) is 5.75 Å². The van der Waals surface area contributed by atoms with Crippen molar-refractivity contribution < 1.29 is 28.6 Å². The largest absolute Gasteiger partial charge is 0.494 e. The van der Waals surface area contributed by atoms with Crippen molar-refractivity contribution in [2.75, 3.05) is 18.5 Å². The number of carboxylic acids is 1. The van der Waals surface area contributed by atoms with Gasteiger partial charge in [0.15, 0.2) is 5.78 Å². The maximum atomic E-state index is 13.6. The Labute approximate surface area is 256 Å². The molecular weight excluding hydrogens is 559 g/mol. The van der Waals surface area contributed by atoms with Gasteiger partial charge in [-0.05, 0) is 48.7 Å². The zero-order valence-corrected chi connectivity index (χ0v) is 24.2. The summed E-state index contributed by atoms with van der Waals surface area (Å²) in [6, 6.07) is 28.5. The minimum atomic E-state index is -1.03. The van der Waals surface area contributed by atoms with Gasteiger partial charge in [0.1, 0.15) is 17.6 Å². The summed E-state index contributed by atoms with van der Waals surface area (Å²) >= 11 is 0. The number of carboxylic acid groups (broad SMARTS) is 1. The van der Waals surface area contributed by atoms with Gasteiger partial charge in [-0.15, -0.1) is 0 Å². The van der Waals surface area contributed by atoms with Crippen molar-refractivity contribution in [2.24, 2.45) is 0 Å². The van der Waals surface area contributed by atoms with Gasteiger partial charge in [0, 0.05) is 41.8 Å². The molecule has 0 radical (unpaired) electrons. The Morgan fingerprint density at radius 2 is 1.57 bits per heavy atom. The zero-order valence-electron chi connectivity index (χ0n) is 24.2. The molecule has 0 aliphatic rings. The second-order valence-electron chi connectivity index (χ2n) is 10.1. The highest BCUT2D eigenvalue weighted by Gasteiger charge is 2.21. The van der Waals surface area contributed by atoms with E-state index in [4.69, 9.17) is 4.74 Å². The van der Waals surface area contributed by atoms with Gasteiger partial charge in [0.2, 0.25) is 5.91 Å². The molecule has 0 spiro atoms. The van der Waals surface area contributed by atoms with E-state index in [1.165, 1.54) is 6.07 Å². The predicted molar refractivity (Wildman–Crippen MR) is 169 cm³/mol. The first-order chi connectivity index (χ1) is 21.4. The number of aliphatic carboxylic acids is 1. The van der Waals surface area contributed by atoms with E-state index in [0.717, 1.165) is 5.56 Å². The second-order valence-corrected chi connectivity index (χ2v) is 10.1. The van der Waals surface area contributed by atoms with Crippen molar-refractivity contribution >= 4 is 29.4 Å². The van der Waals surface area contributed by atoms with Crippen LogP contribution >= 0.6 is 0 Å². The van der Waals surface area contributed by atoms with Crippen LogP contribution in [-0.4, -0.2) is 42.0 Å². The summed E-state index contributed by atoms with van der Waals surface area (Å²) in [5.41, 5.74) is 2.67. The molecule has 4 aromatic carbocycles. The second kappa shape index (κ2) is 16.4. The van der Waals surface area contributed by atoms with E-state index in [1.54, 1.807) is 91.0 Å². The molecule has 226 valence electrons. The van der Waals surface area contributed by atoms with Crippen LogP contribution in [0.4, 0.5) is 10.1 Å². The molecule has 3 N–H and O–H groups in total. The Balaban J connectivity index is 1.20. The predicted octanol–water partition coefficient (Wildman–Crippen LogP) is 6.54. The van der Waals surface area contributed by atoms with E-state index in [-0.39, 0.29) is 23.9 Å². The Morgan fingerprint density at radius 1 is 0.864 bits per heavy atom. The maximum Gasteiger partial charge on any atom is 0.326 e. The average Bonchev–Trinajstić information content (AvgIpc) is 3.04. The third kappa shape index (κ3) is 9.66. The maximum absolute atomic E-state index is 13.6. The Bertz CT molecular complexity index is 1570. The number of ether oxygens (including phenoxy) is 1. The number of halogens is 1. The van der Waals surface area contributed by atoms with Gasteiger partial charge in [-0.25, -0.2) is 9.18 Å². The highest BCUT2D eigenvalue weighted by Crippen LogP contribution is 2.22. The normalized spacial score (nSPS) is 11.6. The molecule has 8 heteroatoms. The lowest BCUT2D eigenvalue weighted by molar-refractivity contribution is -0.137. The van der Waals surface area contributed by atoms with Crippen LogP contribution in [0, 0.1) is 5.82 Å². The van der Waals surface area contributed by atoms with E-state index >= 15 is 0 Å². The van der Waals surface area contributed by atoms with Crippen LogP contribution in [-0.2, 0) is 16.0 Å². The van der Waals surface area contributed by atoms with Crippen molar-refractivity contribution in [1.29, 1.82) is 0 Å². The number of carbonyl (C=O) groups excluding carboxylic acids is 2. The number of rotatable bonds is 16. The van der Waals surface area contributed by atoms with E-state index < -0.39 is 12.0 Å². The van der Waals surface area contributed by atoms with Crippen molar-refractivity contribution in [1.82, 2.24) is 5.32 Å². The summed E-state index contributed by atoms with van der Waals surface area (Å²) in [5.74, 6) is -0.958. The Hall–Kier alpha value is -5.24. The van der Waals surface area contributed by atoms with E-state index in [0.29, 0.717) is 60.5 Å². The highest BCUT2D eigenvalue weighted by molar-refractivity contribution is 6.12. The molecule has 0 aliphatic heterocycles. The number of amides is 1. The number of ketones is 1. The molecule has 0 bridgehead atoms. The van der Waals surface area contributed by atoms with Crippen LogP contribution in [0.2, 0.25) is 0 Å². The highest BCUT2D eigenvalue weighted by atomic mass is 19.1. The summed E-state index contributed by atoms with van der Waals surface area (Å²) in [6.07, 6.45) is 5.10. The fourth-order valence-electron chi connectivity index (χ4n) is 4.51.